The van der Waals surface area contributed by atoms with Gasteiger partial charge in [-0.05, 0) is 30.4 Å². The van der Waals surface area contributed by atoms with Crippen molar-refractivity contribution in [3.63, 3.8) is 0 Å². The summed E-state index contributed by atoms with van der Waals surface area (Å²) in [5.41, 5.74) is 0.588. The molecule has 1 fully saturated rings. The molecule has 2 rings (SSSR count). The minimum atomic E-state index is -0.216. The van der Waals surface area contributed by atoms with Crippen LogP contribution in [-0.4, -0.2) is 6.04 Å². The van der Waals surface area contributed by atoms with Crippen LogP contribution in [0.25, 0.3) is 0 Å². The van der Waals surface area contributed by atoms with Crippen molar-refractivity contribution in [2.24, 2.45) is 11.8 Å². The second kappa shape index (κ2) is 6.03. The van der Waals surface area contributed by atoms with Gasteiger partial charge in [-0.1, -0.05) is 44.4 Å². The Morgan fingerprint density at radius 3 is 2.83 bits per heavy atom. The van der Waals surface area contributed by atoms with Gasteiger partial charge in [-0.25, -0.2) is 4.39 Å². The third kappa shape index (κ3) is 3.04. The molecule has 1 aliphatic rings. The van der Waals surface area contributed by atoms with E-state index in [1.165, 1.54) is 25.3 Å². The van der Waals surface area contributed by atoms with Crippen LogP contribution in [0, 0.1) is 17.7 Å². The normalized spacial score (nSPS) is 28.3. The zero-order valence-corrected chi connectivity index (χ0v) is 11.8. The smallest absolute Gasteiger partial charge is 0.129 e. The fourth-order valence-electron chi connectivity index (χ4n) is 2.80. The van der Waals surface area contributed by atoms with Gasteiger partial charge in [-0.3, -0.25) is 0 Å². The van der Waals surface area contributed by atoms with Crippen molar-refractivity contribution in [1.29, 1.82) is 0 Å². The number of nitrogens with one attached hydrogen (secondary N) is 1. The van der Waals surface area contributed by atoms with E-state index in [2.05, 4.69) is 19.2 Å². The summed E-state index contributed by atoms with van der Waals surface area (Å²) in [6.45, 7) is 5.10. The first-order chi connectivity index (χ1) is 8.59. The van der Waals surface area contributed by atoms with Crippen molar-refractivity contribution in [2.45, 2.75) is 45.7 Å². The second-order valence-electron chi connectivity index (χ2n) is 5.45. The predicted octanol–water partition coefficient (Wildman–Crippen LogP) is 4.39. The Bertz CT molecular complexity index is 387. The van der Waals surface area contributed by atoms with Crippen molar-refractivity contribution in [3.05, 3.63) is 34.6 Å². The molecule has 0 bridgehead atoms. The zero-order valence-electron chi connectivity index (χ0n) is 11.0. The van der Waals surface area contributed by atoms with Crippen molar-refractivity contribution < 1.29 is 4.39 Å². The first-order valence-corrected chi connectivity index (χ1v) is 7.13. The van der Waals surface area contributed by atoms with E-state index in [9.17, 15) is 4.39 Å². The molecule has 0 radical (unpaired) electrons. The lowest BCUT2D eigenvalue weighted by molar-refractivity contribution is 0.205. The highest BCUT2D eigenvalue weighted by Crippen LogP contribution is 2.30. The minimum Gasteiger partial charge on any atom is -0.309 e. The van der Waals surface area contributed by atoms with Crippen molar-refractivity contribution in [3.8, 4) is 0 Å². The van der Waals surface area contributed by atoms with Crippen LogP contribution in [-0.2, 0) is 6.54 Å². The summed E-state index contributed by atoms with van der Waals surface area (Å²) < 4.78 is 13.7. The van der Waals surface area contributed by atoms with Gasteiger partial charge in [0.1, 0.15) is 5.82 Å². The van der Waals surface area contributed by atoms with Crippen molar-refractivity contribution in [2.75, 3.05) is 0 Å². The number of hydrogen-bond donors (Lipinski definition) is 1. The van der Waals surface area contributed by atoms with E-state index in [0.717, 1.165) is 5.92 Å². The molecule has 0 saturated heterocycles. The van der Waals surface area contributed by atoms with E-state index >= 15 is 0 Å². The molecule has 0 unspecified atom stereocenters. The van der Waals surface area contributed by atoms with Gasteiger partial charge in [-0.2, -0.15) is 0 Å². The molecule has 0 aromatic heterocycles. The third-order valence-corrected chi connectivity index (χ3v) is 4.66. The molecule has 1 aliphatic carbocycles. The van der Waals surface area contributed by atoms with E-state index in [-0.39, 0.29) is 5.82 Å². The van der Waals surface area contributed by atoms with Crippen molar-refractivity contribution in [1.82, 2.24) is 5.32 Å². The highest BCUT2D eigenvalue weighted by molar-refractivity contribution is 6.31. The summed E-state index contributed by atoms with van der Waals surface area (Å²) in [4.78, 5) is 0. The molecule has 18 heavy (non-hydrogen) atoms. The van der Waals surface area contributed by atoms with Crippen LogP contribution in [0.1, 0.15) is 38.7 Å². The molecule has 1 saturated carbocycles. The maximum Gasteiger partial charge on any atom is 0.129 e. The SMILES string of the molecule is C[C@H]1[C@H](C)CCC[C@H]1NCc1c(F)cccc1Cl. The Morgan fingerprint density at radius 2 is 2.11 bits per heavy atom. The van der Waals surface area contributed by atoms with Gasteiger partial charge >= 0.3 is 0 Å². The van der Waals surface area contributed by atoms with E-state index in [0.29, 0.717) is 29.1 Å². The number of halogens is 2. The zero-order chi connectivity index (χ0) is 13.1. The third-order valence-electron chi connectivity index (χ3n) is 4.31. The van der Waals surface area contributed by atoms with Crippen LogP contribution >= 0.6 is 11.6 Å². The van der Waals surface area contributed by atoms with Gasteiger partial charge in [0.05, 0.1) is 0 Å². The van der Waals surface area contributed by atoms with Gasteiger partial charge in [0.2, 0.25) is 0 Å². The Labute approximate surface area is 114 Å². The molecule has 3 heteroatoms. The van der Waals surface area contributed by atoms with Gasteiger partial charge < -0.3 is 5.32 Å². The topological polar surface area (TPSA) is 12.0 Å². The van der Waals surface area contributed by atoms with Gasteiger partial charge in [0.25, 0.3) is 0 Å². The molecule has 0 heterocycles. The summed E-state index contributed by atoms with van der Waals surface area (Å²) in [7, 11) is 0. The van der Waals surface area contributed by atoms with Crippen LogP contribution in [0.4, 0.5) is 4.39 Å². The lowest BCUT2D eigenvalue weighted by Gasteiger charge is -2.34. The predicted molar refractivity (Wildman–Crippen MR) is 74.2 cm³/mol. The standard InChI is InChI=1S/C15H21ClFN/c1-10-5-3-8-15(11(10)2)18-9-12-13(16)6-4-7-14(12)17/h4,6-7,10-11,15,18H,3,5,8-9H2,1-2H3/t10-,11+,15-/m1/s1. The van der Waals surface area contributed by atoms with Crippen LogP contribution in [0.15, 0.2) is 18.2 Å². The number of hydrogen-bond acceptors (Lipinski definition) is 1. The molecule has 1 aromatic rings. The fraction of sp³-hybridized carbons (Fsp3) is 0.600. The molecule has 0 amide bonds. The average molecular weight is 270 g/mol. The summed E-state index contributed by atoms with van der Waals surface area (Å²) in [5, 5.41) is 3.99. The monoisotopic (exact) mass is 269 g/mol. The van der Waals surface area contributed by atoms with E-state index in [1.807, 2.05) is 0 Å². The summed E-state index contributed by atoms with van der Waals surface area (Å²) in [5.74, 6) is 1.17. The molecule has 1 nitrogen and oxygen atoms in total. The quantitative estimate of drug-likeness (QED) is 0.858. The number of rotatable bonds is 3. The average Bonchev–Trinajstić information content (AvgIpc) is 2.33. The lowest BCUT2D eigenvalue weighted by Crippen LogP contribution is -2.40. The van der Waals surface area contributed by atoms with Crippen molar-refractivity contribution >= 4 is 11.6 Å². The van der Waals surface area contributed by atoms with Gasteiger partial charge in [-0.15, -0.1) is 0 Å². The summed E-state index contributed by atoms with van der Waals surface area (Å²) in [6.07, 6.45) is 3.74. The minimum absolute atomic E-state index is 0.216. The summed E-state index contributed by atoms with van der Waals surface area (Å²) >= 11 is 6.03. The van der Waals surface area contributed by atoms with Crippen LogP contribution < -0.4 is 5.32 Å². The molecule has 1 N–H and O–H groups in total. The largest absolute Gasteiger partial charge is 0.309 e. The maximum atomic E-state index is 13.7. The Hall–Kier alpha value is -0.600. The van der Waals surface area contributed by atoms with Crippen LogP contribution in [0.3, 0.4) is 0 Å². The van der Waals surface area contributed by atoms with E-state index in [1.54, 1.807) is 12.1 Å². The van der Waals surface area contributed by atoms with Gasteiger partial charge in [0, 0.05) is 23.2 Å². The first kappa shape index (κ1) is 13.8. The van der Waals surface area contributed by atoms with E-state index < -0.39 is 0 Å². The molecular weight excluding hydrogens is 249 g/mol. The maximum absolute atomic E-state index is 13.7. The highest BCUT2D eigenvalue weighted by atomic mass is 35.5. The Kier molecular flexibility index (Phi) is 4.63. The molecule has 3 atom stereocenters. The van der Waals surface area contributed by atoms with E-state index in [4.69, 9.17) is 11.6 Å². The fourth-order valence-corrected chi connectivity index (χ4v) is 3.03. The highest BCUT2D eigenvalue weighted by Gasteiger charge is 2.26. The van der Waals surface area contributed by atoms with Crippen LogP contribution in [0.2, 0.25) is 5.02 Å². The molecule has 100 valence electrons. The molecule has 0 spiro atoms. The Morgan fingerprint density at radius 1 is 1.33 bits per heavy atom. The molecular formula is C15H21ClFN. The van der Waals surface area contributed by atoms with Crippen LogP contribution in [0.5, 0.6) is 0 Å². The first-order valence-electron chi connectivity index (χ1n) is 6.76. The lowest BCUT2D eigenvalue weighted by atomic mass is 9.78. The molecule has 1 aromatic carbocycles. The molecule has 0 aliphatic heterocycles. The Balaban J connectivity index is 1.99. The number of benzene rings is 1. The summed E-state index contributed by atoms with van der Waals surface area (Å²) in [6, 6.07) is 5.33. The second-order valence-corrected chi connectivity index (χ2v) is 5.86. The van der Waals surface area contributed by atoms with Gasteiger partial charge in [0.15, 0.2) is 0 Å².